The Balaban J connectivity index is 1.67. The van der Waals surface area contributed by atoms with E-state index in [1.807, 2.05) is 42.5 Å². The molecule has 2 heterocycles. The molecule has 2 aromatic carbocycles. The highest BCUT2D eigenvalue weighted by atomic mass is 32.2. The lowest BCUT2D eigenvalue weighted by atomic mass is 10.1. The van der Waals surface area contributed by atoms with Crippen LogP contribution in [-0.4, -0.2) is 54.4 Å². The Kier molecular flexibility index (Phi) is 6.29. The van der Waals surface area contributed by atoms with Crippen molar-refractivity contribution in [2.24, 2.45) is 0 Å². The first-order valence-corrected chi connectivity index (χ1v) is 12.1. The Labute approximate surface area is 186 Å². The van der Waals surface area contributed by atoms with E-state index in [9.17, 15) is 18.3 Å². The number of benzene rings is 2. The number of carbonyl (C=O) groups excluding carboxylic acids is 1. The van der Waals surface area contributed by atoms with E-state index in [1.54, 1.807) is 30.0 Å². The normalized spacial score (nSPS) is 18.2. The molecule has 1 fully saturated rings. The second kappa shape index (κ2) is 9.13. The van der Waals surface area contributed by atoms with Gasteiger partial charge in [0.15, 0.2) is 15.5 Å². The first-order chi connectivity index (χ1) is 15.4. The van der Waals surface area contributed by atoms with Crippen molar-refractivity contribution in [3.8, 4) is 17.0 Å². The van der Waals surface area contributed by atoms with Crippen molar-refractivity contribution in [2.45, 2.75) is 18.5 Å². The van der Waals surface area contributed by atoms with Crippen LogP contribution in [0.4, 0.5) is 0 Å². The van der Waals surface area contributed by atoms with Crippen molar-refractivity contribution < 1.29 is 23.1 Å². The molecule has 0 saturated carbocycles. The topological polar surface area (TPSA) is 111 Å². The fourth-order valence-electron chi connectivity index (χ4n) is 3.88. The lowest BCUT2D eigenvalue weighted by Gasteiger charge is -2.16. The van der Waals surface area contributed by atoms with Gasteiger partial charge in [-0.3, -0.25) is 9.48 Å². The van der Waals surface area contributed by atoms with E-state index >= 15 is 0 Å². The third kappa shape index (κ3) is 4.68. The second-order valence-electron chi connectivity index (χ2n) is 7.76. The number of amides is 1. The van der Waals surface area contributed by atoms with Gasteiger partial charge in [0.25, 0.3) is 5.91 Å². The first-order valence-electron chi connectivity index (χ1n) is 10.3. The average molecular weight is 456 g/mol. The van der Waals surface area contributed by atoms with Gasteiger partial charge in [-0.05, 0) is 42.3 Å². The van der Waals surface area contributed by atoms with Gasteiger partial charge in [0.05, 0.1) is 43.0 Å². The van der Waals surface area contributed by atoms with Gasteiger partial charge in [0, 0.05) is 5.56 Å². The van der Waals surface area contributed by atoms with Crippen LogP contribution in [0.25, 0.3) is 11.3 Å². The van der Waals surface area contributed by atoms with Crippen LogP contribution in [0.2, 0.25) is 0 Å². The van der Waals surface area contributed by atoms with Crippen molar-refractivity contribution in [2.75, 3.05) is 25.2 Å². The maximum absolute atomic E-state index is 13.0. The number of carbonyl (C=O) groups is 1. The number of nitrogens with one attached hydrogen (secondary N) is 1. The van der Waals surface area contributed by atoms with Gasteiger partial charge in [-0.25, -0.2) is 8.42 Å². The quantitative estimate of drug-likeness (QED) is 0.566. The van der Waals surface area contributed by atoms with E-state index in [1.165, 1.54) is 0 Å². The molecule has 0 bridgehead atoms. The molecular weight excluding hydrogens is 430 g/mol. The third-order valence-corrected chi connectivity index (χ3v) is 7.35. The minimum absolute atomic E-state index is 0.0117. The number of nitrogens with zero attached hydrogens (tertiary/aromatic N) is 2. The molecule has 0 spiro atoms. The van der Waals surface area contributed by atoms with Crippen molar-refractivity contribution in [3.05, 3.63) is 71.9 Å². The molecule has 32 heavy (non-hydrogen) atoms. The zero-order valence-electron chi connectivity index (χ0n) is 17.6. The summed E-state index contributed by atoms with van der Waals surface area (Å²) in [5.74, 6) is 0.335. The predicted molar refractivity (Wildman–Crippen MR) is 120 cm³/mol. The van der Waals surface area contributed by atoms with Crippen molar-refractivity contribution in [1.29, 1.82) is 0 Å². The number of aliphatic hydroxyl groups excluding tert-OH is 1. The highest BCUT2D eigenvalue weighted by molar-refractivity contribution is 7.91. The lowest BCUT2D eigenvalue weighted by Crippen LogP contribution is -2.31. The SMILES string of the molecule is COc1ccc(-c2cc(C(=O)N[C@H](CO)c3ccccc3)nn2[C@H]2CCS(=O)(=O)C2)cc1. The molecule has 4 rings (SSSR count). The van der Waals surface area contributed by atoms with E-state index in [2.05, 4.69) is 10.4 Å². The van der Waals surface area contributed by atoms with Gasteiger partial charge in [-0.2, -0.15) is 5.10 Å². The zero-order valence-corrected chi connectivity index (χ0v) is 18.5. The molecule has 0 radical (unpaired) electrons. The van der Waals surface area contributed by atoms with Gasteiger partial charge in [-0.15, -0.1) is 0 Å². The first kappa shape index (κ1) is 22.0. The summed E-state index contributed by atoms with van der Waals surface area (Å²) in [5.41, 5.74) is 2.39. The number of aromatic nitrogens is 2. The molecular formula is C23H25N3O5S. The number of hydrogen-bond donors (Lipinski definition) is 2. The molecule has 1 amide bonds. The number of ether oxygens (including phenoxy) is 1. The van der Waals surface area contributed by atoms with Crippen LogP contribution >= 0.6 is 0 Å². The summed E-state index contributed by atoms with van der Waals surface area (Å²) < 4.78 is 31.0. The number of sulfone groups is 1. The summed E-state index contributed by atoms with van der Waals surface area (Å²) >= 11 is 0. The Morgan fingerprint density at radius 1 is 1.22 bits per heavy atom. The summed E-state index contributed by atoms with van der Waals surface area (Å²) in [4.78, 5) is 13.0. The molecule has 8 nitrogen and oxygen atoms in total. The van der Waals surface area contributed by atoms with Gasteiger partial charge in [-0.1, -0.05) is 30.3 Å². The monoisotopic (exact) mass is 455 g/mol. The van der Waals surface area contributed by atoms with Crippen LogP contribution in [0, 0.1) is 0 Å². The molecule has 3 aromatic rings. The Bertz CT molecular complexity index is 1190. The standard InChI is InChI=1S/C23H25N3O5S/c1-31-19-9-7-17(8-10-19)22-13-20(25-26(22)18-11-12-32(29,30)15-18)23(28)24-21(14-27)16-5-3-2-4-6-16/h2-10,13,18,21,27H,11-12,14-15H2,1H3,(H,24,28)/t18-,21+/m0/s1. The van der Waals surface area contributed by atoms with Gasteiger partial charge in [0.2, 0.25) is 0 Å². The Hall–Kier alpha value is -3.17. The van der Waals surface area contributed by atoms with Crippen LogP contribution in [0.5, 0.6) is 5.75 Å². The van der Waals surface area contributed by atoms with Crippen LogP contribution in [-0.2, 0) is 9.84 Å². The highest BCUT2D eigenvalue weighted by Gasteiger charge is 2.32. The van der Waals surface area contributed by atoms with E-state index in [-0.39, 0.29) is 29.8 Å². The second-order valence-corrected chi connectivity index (χ2v) is 9.99. The van der Waals surface area contributed by atoms with E-state index in [0.717, 1.165) is 11.1 Å². The average Bonchev–Trinajstić information content (AvgIpc) is 3.41. The molecule has 9 heteroatoms. The zero-order chi connectivity index (χ0) is 22.7. The van der Waals surface area contributed by atoms with Crippen LogP contribution in [0.15, 0.2) is 60.7 Å². The van der Waals surface area contributed by atoms with Crippen LogP contribution in [0.1, 0.15) is 34.6 Å². The third-order valence-electron chi connectivity index (χ3n) is 5.60. The molecule has 2 N–H and O–H groups in total. The number of methoxy groups -OCH3 is 1. The minimum Gasteiger partial charge on any atom is -0.497 e. The van der Waals surface area contributed by atoms with Crippen molar-refractivity contribution in [3.63, 3.8) is 0 Å². The molecule has 0 unspecified atom stereocenters. The van der Waals surface area contributed by atoms with Gasteiger partial charge in [0.1, 0.15) is 5.75 Å². The number of hydrogen-bond acceptors (Lipinski definition) is 6. The van der Waals surface area contributed by atoms with Crippen LogP contribution < -0.4 is 10.1 Å². The number of rotatable bonds is 7. The number of aliphatic hydroxyl groups is 1. The molecule has 0 aliphatic carbocycles. The molecule has 1 aromatic heterocycles. The molecule has 168 valence electrons. The predicted octanol–water partition coefficient (Wildman–Crippen LogP) is 2.38. The largest absolute Gasteiger partial charge is 0.497 e. The maximum Gasteiger partial charge on any atom is 0.272 e. The molecule has 1 saturated heterocycles. The van der Waals surface area contributed by atoms with Gasteiger partial charge < -0.3 is 15.2 Å². The molecule has 1 aliphatic rings. The van der Waals surface area contributed by atoms with E-state index in [4.69, 9.17) is 4.74 Å². The van der Waals surface area contributed by atoms with E-state index < -0.39 is 21.8 Å². The fourth-order valence-corrected chi connectivity index (χ4v) is 5.57. The smallest absolute Gasteiger partial charge is 0.272 e. The van der Waals surface area contributed by atoms with Gasteiger partial charge >= 0.3 is 0 Å². The highest BCUT2D eigenvalue weighted by Crippen LogP contribution is 2.31. The lowest BCUT2D eigenvalue weighted by molar-refractivity contribution is 0.0910. The Morgan fingerprint density at radius 2 is 1.94 bits per heavy atom. The fraction of sp³-hybridized carbons (Fsp3) is 0.304. The summed E-state index contributed by atoms with van der Waals surface area (Å²) in [6.45, 7) is -0.261. The summed E-state index contributed by atoms with van der Waals surface area (Å²) in [5, 5.41) is 17.1. The van der Waals surface area contributed by atoms with Crippen molar-refractivity contribution in [1.82, 2.24) is 15.1 Å². The summed E-state index contributed by atoms with van der Waals surface area (Å²) in [6.07, 6.45) is 0.442. The van der Waals surface area contributed by atoms with E-state index in [0.29, 0.717) is 17.9 Å². The summed E-state index contributed by atoms with van der Waals surface area (Å²) in [6, 6.07) is 17.2. The van der Waals surface area contributed by atoms with Crippen LogP contribution in [0.3, 0.4) is 0 Å². The summed E-state index contributed by atoms with van der Waals surface area (Å²) in [7, 11) is -1.56. The minimum atomic E-state index is -3.14. The Morgan fingerprint density at radius 3 is 2.53 bits per heavy atom. The molecule has 2 atom stereocenters. The molecule has 1 aliphatic heterocycles. The maximum atomic E-state index is 13.0. The van der Waals surface area contributed by atoms with Crippen molar-refractivity contribution >= 4 is 15.7 Å².